The van der Waals surface area contributed by atoms with Crippen molar-refractivity contribution >= 4 is 34.5 Å². The molecule has 1 aromatic rings. The molecule has 0 aliphatic heterocycles. The molecule has 3 unspecified atom stereocenters. The Morgan fingerprint density at radius 1 is 1.53 bits per heavy atom. The number of benzene rings is 1. The SMILES string of the molecule is O=C(NCCS)C1C2Cc3ccc(Br)cc3C21. The van der Waals surface area contributed by atoms with E-state index in [2.05, 4.69) is 52.1 Å². The highest BCUT2D eigenvalue weighted by Gasteiger charge is 2.59. The van der Waals surface area contributed by atoms with E-state index in [-0.39, 0.29) is 11.8 Å². The second-order valence-electron chi connectivity index (χ2n) is 4.78. The first-order valence-electron chi connectivity index (χ1n) is 5.89. The van der Waals surface area contributed by atoms with Gasteiger partial charge in [0.05, 0.1) is 0 Å². The van der Waals surface area contributed by atoms with Crippen LogP contribution in [-0.2, 0) is 11.2 Å². The zero-order valence-corrected chi connectivity index (χ0v) is 11.8. The summed E-state index contributed by atoms with van der Waals surface area (Å²) < 4.78 is 1.11. The lowest BCUT2D eigenvalue weighted by molar-refractivity contribution is -0.122. The van der Waals surface area contributed by atoms with Gasteiger partial charge in [-0.05, 0) is 41.5 Å². The highest BCUT2D eigenvalue weighted by molar-refractivity contribution is 9.10. The molecule has 0 aromatic heterocycles. The number of carbonyl (C=O) groups is 1. The molecule has 90 valence electrons. The fourth-order valence-electron chi connectivity index (χ4n) is 3.02. The van der Waals surface area contributed by atoms with Crippen molar-refractivity contribution in [3.63, 3.8) is 0 Å². The van der Waals surface area contributed by atoms with Gasteiger partial charge >= 0.3 is 0 Å². The Bertz CT molecular complexity index is 476. The van der Waals surface area contributed by atoms with Gasteiger partial charge in [0, 0.05) is 22.7 Å². The third-order valence-electron chi connectivity index (χ3n) is 3.80. The van der Waals surface area contributed by atoms with E-state index in [0.29, 0.717) is 24.1 Å². The van der Waals surface area contributed by atoms with Crippen molar-refractivity contribution in [1.82, 2.24) is 5.32 Å². The molecule has 1 saturated carbocycles. The average Bonchev–Trinajstić information content (AvgIpc) is 2.92. The van der Waals surface area contributed by atoms with E-state index in [0.717, 1.165) is 10.9 Å². The Labute approximate surface area is 115 Å². The van der Waals surface area contributed by atoms with Crippen LogP contribution in [0, 0.1) is 11.8 Å². The Morgan fingerprint density at radius 2 is 2.35 bits per heavy atom. The molecule has 1 N–H and O–H groups in total. The van der Waals surface area contributed by atoms with Gasteiger partial charge in [-0.2, -0.15) is 12.6 Å². The van der Waals surface area contributed by atoms with E-state index < -0.39 is 0 Å². The largest absolute Gasteiger partial charge is 0.355 e. The quantitative estimate of drug-likeness (QED) is 0.825. The minimum absolute atomic E-state index is 0.205. The second kappa shape index (κ2) is 4.32. The number of amides is 1. The fraction of sp³-hybridized carbons (Fsp3) is 0.462. The predicted octanol–water partition coefficient (Wildman–Crippen LogP) is 2.38. The predicted molar refractivity (Wildman–Crippen MR) is 74.4 cm³/mol. The average molecular weight is 312 g/mol. The molecule has 2 nitrogen and oxygen atoms in total. The summed E-state index contributed by atoms with van der Waals surface area (Å²) >= 11 is 7.60. The first kappa shape index (κ1) is 11.6. The van der Waals surface area contributed by atoms with Crippen molar-refractivity contribution in [1.29, 1.82) is 0 Å². The van der Waals surface area contributed by atoms with Crippen LogP contribution in [0.15, 0.2) is 22.7 Å². The number of hydrogen-bond donors (Lipinski definition) is 2. The summed E-state index contributed by atoms with van der Waals surface area (Å²) in [6.45, 7) is 0.670. The first-order chi connectivity index (χ1) is 8.22. The lowest BCUT2D eigenvalue weighted by Crippen LogP contribution is -2.28. The lowest BCUT2D eigenvalue weighted by atomic mass is 10.0. The van der Waals surface area contributed by atoms with Crippen LogP contribution in [0.4, 0.5) is 0 Å². The summed E-state index contributed by atoms with van der Waals surface area (Å²) in [6, 6.07) is 6.43. The number of fused-ring (bicyclic) bond motifs is 3. The van der Waals surface area contributed by atoms with Crippen LogP contribution in [0.1, 0.15) is 17.0 Å². The van der Waals surface area contributed by atoms with E-state index in [1.807, 2.05) is 0 Å². The highest BCUT2D eigenvalue weighted by Crippen LogP contribution is 2.61. The van der Waals surface area contributed by atoms with Crippen molar-refractivity contribution in [3.8, 4) is 0 Å². The van der Waals surface area contributed by atoms with Gasteiger partial charge in [-0.1, -0.05) is 22.0 Å². The van der Waals surface area contributed by atoms with Crippen LogP contribution >= 0.6 is 28.6 Å². The van der Waals surface area contributed by atoms with Gasteiger partial charge in [0.1, 0.15) is 0 Å². The van der Waals surface area contributed by atoms with Gasteiger partial charge in [-0.25, -0.2) is 0 Å². The molecule has 1 amide bonds. The summed E-state index contributed by atoms with van der Waals surface area (Å²) in [4.78, 5) is 11.9. The number of hydrogen-bond acceptors (Lipinski definition) is 2. The van der Waals surface area contributed by atoms with Crippen molar-refractivity contribution in [3.05, 3.63) is 33.8 Å². The second-order valence-corrected chi connectivity index (χ2v) is 6.14. The van der Waals surface area contributed by atoms with Gasteiger partial charge in [0.15, 0.2) is 0 Å². The van der Waals surface area contributed by atoms with Crippen molar-refractivity contribution in [2.45, 2.75) is 12.3 Å². The monoisotopic (exact) mass is 311 g/mol. The van der Waals surface area contributed by atoms with Gasteiger partial charge < -0.3 is 5.32 Å². The van der Waals surface area contributed by atoms with Gasteiger partial charge in [-0.15, -0.1) is 0 Å². The molecule has 17 heavy (non-hydrogen) atoms. The van der Waals surface area contributed by atoms with Crippen LogP contribution in [0.2, 0.25) is 0 Å². The molecule has 0 bridgehead atoms. The minimum atomic E-state index is 0.205. The molecule has 0 radical (unpaired) electrons. The van der Waals surface area contributed by atoms with Crippen LogP contribution in [0.25, 0.3) is 0 Å². The third kappa shape index (κ3) is 1.91. The van der Waals surface area contributed by atoms with Crippen LogP contribution in [0.5, 0.6) is 0 Å². The minimum Gasteiger partial charge on any atom is -0.355 e. The fourth-order valence-corrected chi connectivity index (χ4v) is 3.51. The zero-order valence-electron chi connectivity index (χ0n) is 9.32. The number of thiol groups is 1. The molecule has 0 heterocycles. The maximum atomic E-state index is 11.9. The lowest BCUT2D eigenvalue weighted by Gasteiger charge is -2.08. The first-order valence-corrected chi connectivity index (χ1v) is 7.32. The Hall–Kier alpha value is -0.480. The van der Waals surface area contributed by atoms with Gasteiger partial charge in [0.2, 0.25) is 5.91 Å². The van der Waals surface area contributed by atoms with Gasteiger partial charge in [-0.3, -0.25) is 4.79 Å². The van der Waals surface area contributed by atoms with Crippen LogP contribution in [0.3, 0.4) is 0 Å². The van der Waals surface area contributed by atoms with E-state index in [1.54, 1.807) is 0 Å². The Kier molecular flexibility index (Phi) is 2.95. The smallest absolute Gasteiger partial charge is 0.224 e. The van der Waals surface area contributed by atoms with Crippen LogP contribution in [-0.4, -0.2) is 18.2 Å². The molecule has 2 aliphatic rings. The zero-order chi connectivity index (χ0) is 12.0. The molecule has 0 saturated heterocycles. The van der Waals surface area contributed by atoms with Crippen molar-refractivity contribution in [2.75, 3.05) is 12.3 Å². The maximum Gasteiger partial charge on any atom is 0.224 e. The topological polar surface area (TPSA) is 29.1 Å². The molecule has 3 rings (SSSR count). The third-order valence-corrected chi connectivity index (χ3v) is 4.52. The van der Waals surface area contributed by atoms with E-state index in [4.69, 9.17) is 0 Å². The summed E-state index contributed by atoms with van der Waals surface area (Å²) in [5.41, 5.74) is 2.79. The summed E-state index contributed by atoms with van der Waals surface area (Å²) in [7, 11) is 0. The number of nitrogens with one attached hydrogen (secondary N) is 1. The highest BCUT2D eigenvalue weighted by atomic mass is 79.9. The molecule has 2 aliphatic carbocycles. The molecular formula is C13H14BrNOS. The van der Waals surface area contributed by atoms with Crippen LogP contribution < -0.4 is 5.32 Å². The molecule has 1 fully saturated rings. The summed E-state index contributed by atoms with van der Waals surface area (Å²) in [5.74, 6) is 2.12. The summed E-state index contributed by atoms with van der Waals surface area (Å²) in [5, 5.41) is 2.94. The standard InChI is InChI=1S/C13H14BrNOS/c14-8-2-1-7-5-10-11(9(7)6-8)12(10)13(16)15-3-4-17/h1-2,6,10-12,17H,3-5H2,(H,15,16). The molecule has 1 aromatic carbocycles. The summed E-state index contributed by atoms with van der Waals surface area (Å²) in [6.07, 6.45) is 1.06. The number of carbonyl (C=O) groups excluding carboxylic acids is 1. The molecular weight excluding hydrogens is 298 g/mol. The van der Waals surface area contributed by atoms with E-state index >= 15 is 0 Å². The van der Waals surface area contributed by atoms with E-state index in [9.17, 15) is 4.79 Å². The molecule has 0 spiro atoms. The molecule has 3 atom stereocenters. The number of rotatable bonds is 3. The Morgan fingerprint density at radius 3 is 3.12 bits per heavy atom. The Balaban J connectivity index is 1.75. The van der Waals surface area contributed by atoms with Crippen molar-refractivity contribution in [2.24, 2.45) is 11.8 Å². The normalized spacial score (nSPS) is 28.5. The maximum absolute atomic E-state index is 11.9. The van der Waals surface area contributed by atoms with E-state index in [1.165, 1.54) is 11.1 Å². The number of halogens is 1. The van der Waals surface area contributed by atoms with Crippen molar-refractivity contribution < 1.29 is 4.79 Å². The molecule has 4 heteroatoms. The van der Waals surface area contributed by atoms with Gasteiger partial charge in [0.25, 0.3) is 0 Å².